The number of carboxylic acid groups (broad SMARTS) is 1. The van der Waals surface area contributed by atoms with Crippen LogP contribution in [-0.4, -0.2) is 55.8 Å². The number of rotatable bonds is 7. The lowest BCUT2D eigenvalue weighted by Crippen LogP contribution is -2.50. The summed E-state index contributed by atoms with van der Waals surface area (Å²) < 4.78 is 7.05. The molecule has 1 aromatic carbocycles. The van der Waals surface area contributed by atoms with E-state index in [1.165, 1.54) is 6.33 Å². The first-order chi connectivity index (χ1) is 18.3. The van der Waals surface area contributed by atoms with E-state index in [0.29, 0.717) is 60.6 Å². The second-order valence-electron chi connectivity index (χ2n) is 10.7. The highest BCUT2D eigenvalue weighted by Gasteiger charge is 2.52. The van der Waals surface area contributed by atoms with Crippen molar-refractivity contribution in [2.24, 2.45) is 17.9 Å². The van der Waals surface area contributed by atoms with Crippen LogP contribution in [0, 0.1) is 10.8 Å². The molecule has 2 aromatic heterocycles. The van der Waals surface area contributed by atoms with Crippen molar-refractivity contribution in [2.45, 2.75) is 45.1 Å². The molecule has 12 nitrogen and oxygen atoms in total. The average molecular weight is 520 g/mol. The van der Waals surface area contributed by atoms with E-state index >= 15 is 0 Å². The van der Waals surface area contributed by atoms with Gasteiger partial charge in [0.25, 0.3) is 11.8 Å². The van der Waals surface area contributed by atoms with Crippen LogP contribution < -0.4 is 20.7 Å². The molecule has 198 valence electrons. The van der Waals surface area contributed by atoms with Gasteiger partial charge in [-0.25, -0.2) is 9.97 Å². The molecule has 4 aliphatic rings. The molecule has 3 fully saturated rings. The van der Waals surface area contributed by atoms with Gasteiger partial charge in [0.1, 0.15) is 23.1 Å². The molecule has 2 bridgehead atoms. The second-order valence-corrected chi connectivity index (χ2v) is 10.7. The third-order valence-electron chi connectivity index (χ3n) is 8.45. The fourth-order valence-corrected chi connectivity index (χ4v) is 5.99. The van der Waals surface area contributed by atoms with Crippen molar-refractivity contribution < 1.29 is 24.2 Å². The van der Waals surface area contributed by atoms with E-state index < -0.39 is 11.4 Å². The number of aryl methyl sites for hydroxylation is 1. The number of nitrogens with zero attached hydrogens (tertiary/aromatic N) is 4. The Kier molecular flexibility index (Phi) is 5.69. The van der Waals surface area contributed by atoms with Gasteiger partial charge >= 0.3 is 5.97 Å². The minimum Gasteiger partial charge on any atom is -0.482 e. The maximum absolute atomic E-state index is 13.2. The van der Waals surface area contributed by atoms with Crippen molar-refractivity contribution in [3.63, 3.8) is 0 Å². The molecular formula is C26H29N7O5. The van der Waals surface area contributed by atoms with Crippen molar-refractivity contribution in [1.82, 2.24) is 25.1 Å². The van der Waals surface area contributed by atoms with Gasteiger partial charge in [0.2, 0.25) is 0 Å². The van der Waals surface area contributed by atoms with Crippen LogP contribution in [-0.2, 0) is 23.2 Å². The molecule has 7 rings (SSSR count). The first-order valence-electron chi connectivity index (χ1n) is 12.8. The van der Waals surface area contributed by atoms with Gasteiger partial charge in [-0.3, -0.25) is 19.1 Å². The zero-order chi connectivity index (χ0) is 26.5. The molecule has 0 unspecified atom stereocenters. The highest BCUT2D eigenvalue weighted by molar-refractivity contribution is 6.05. The van der Waals surface area contributed by atoms with Gasteiger partial charge in [0.15, 0.2) is 18.1 Å². The third kappa shape index (κ3) is 4.09. The first kappa shape index (κ1) is 24.1. The SMILES string of the molecule is Cn1nc2c(C(=O)NCC34CCC(C(=O)O)(CC3)CC4)ncnc2c1NCc1ccc2c(c1)NC(=O)CO2. The Morgan fingerprint density at radius 1 is 1.13 bits per heavy atom. The van der Waals surface area contributed by atoms with E-state index in [0.717, 1.165) is 24.8 Å². The van der Waals surface area contributed by atoms with E-state index in [-0.39, 0.29) is 29.5 Å². The standard InChI is InChI=1S/C26H29N7O5/c1-33-22(27-11-15-2-3-17-16(10-15)31-18(34)12-38-17)20-19(32-33)21(30-14-29-20)23(35)28-13-25-4-7-26(8-5-25,9-6-25)24(36)37/h2-3,10,14,27H,4-9,11-13H2,1H3,(H,28,35)(H,31,34)(H,36,37). The highest BCUT2D eigenvalue weighted by atomic mass is 16.5. The van der Waals surface area contributed by atoms with Crippen LogP contribution in [0.3, 0.4) is 0 Å². The number of aliphatic carboxylic acids is 1. The molecule has 1 aliphatic heterocycles. The Bertz CT molecular complexity index is 1440. The summed E-state index contributed by atoms with van der Waals surface area (Å²) in [4.78, 5) is 45.2. The summed E-state index contributed by atoms with van der Waals surface area (Å²) in [5.74, 6) is 0.0675. The number of nitrogens with one attached hydrogen (secondary N) is 3. The number of amides is 2. The van der Waals surface area contributed by atoms with Gasteiger partial charge in [-0.1, -0.05) is 6.07 Å². The number of aromatic nitrogens is 4. The molecule has 3 aromatic rings. The molecule has 3 aliphatic carbocycles. The largest absolute Gasteiger partial charge is 0.482 e. The molecule has 0 spiro atoms. The van der Waals surface area contributed by atoms with Gasteiger partial charge < -0.3 is 25.8 Å². The lowest BCUT2D eigenvalue weighted by atomic mass is 9.53. The fraction of sp³-hybridized carbons (Fsp3) is 0.462. The lowest BCUT2D eigenvalue weighted by molar-refractivity contribution is -0.158. The van der Waals surface area contributed by atoms with Gasteiger partial charge in [0.05, 0.1) is 11.1 Å². The van der Waals surface area contributed by atoms with Crippen molar-refractivity contribution in [1.29, 1.82) is 0 Å². The Morgan fingerprint density at radius 2 is 1.89 bits per heavy atom. The van der Waals surface area contributed by atoms with E-state index in [9.17, 15) is 19.5 Å². The quantitative estimate of drug-likeness (QED) is 0.368. The molecule has 0 atom stereocenters. The number of fused-ring (bicyclic) bond motifs is 5. The molecule has 2 amide bonds. The van der Waals surface area contributed by atoms with Gasteiger partial charge in [-0.2, -0.15) is 5.10 Å². The van der Waals surface area contributed by atoms with Crippen LogP contribution in [0.25, 0.3) is 11.0 Å². The Labute approximate surface area is 218 Å². The monoisotopic (exact) mass is 519 g/mol. The third-order valence-corrected chi connectivity index (χ3v) is 8.45. The number of anilines is 2. The lowest BCUT2D eigenvalue weighted by Gasteiger charge is -2.51. The van der Waals surface area contributed by atoms with Crippen molar-refractivity contribution in [3.8, 4) is 5.75 Å². The normalized spacial score (nSPS) is 23.9. The van der Waals surface area contributed by atoms with Gasteiger partial charge in [0, 0.05) is 20.1 Å². The van der Waals surface area contributed by atoms with Crippen LogP contribution >= 0.6 is 0 Å². The molecule has 0 radical (unpaired) electrons. The number of benzene rings is 1. The Morgan fingerprint density at radius 3 is 2.63 bits per heavy atom. The number of ether oxygens (including phenoxy) is 1. The van der Waals surface area contributed by atoms with Crippen LogP contribution in [0.2, 0.25) is 0 Å². The molecule has 0 saturated heterocycles. The van der Waals surface area contributed by atoms with Gasteiger partial charge in [-0.15, -0.1) is 0 Å². The minimum atomic E-state index is -0.690. The number of hydrogen-bond acceptors (Lipinski definition) is 8. The predicted octanol–water partition coefficient (Wildman–Crippen LogP) is 2.46. The van der Waals surface area contributed by atoms with E-state index in [1.807, 2.05) is 18.2 Å². The van der Waals surface area contributed by atoms with E-state index in [1.54, 1.807) is 11.7 Å². The average Bonchev–Trinajstić information content (AvgIpc) is 3.26. The summed E-state index contributed by atoms with van der Waals surface area (Å²) >= 11 is 0. The zero-order valence-corrected chi connectivity index (χ0v) is 21.0. The number of hydrogen-bond donors (Lipinski definition) is 4. The Balaban J connectivity index is 1.15. The second kappa shape index (κ2) is 8.96. The summed E-state index contributed by atoms with van der Waals surface area (Å²) in [6.07, 6.45) is 5.74. The molecule has 12 heteroatoms. The van der Waals surface area contributed by atoms with E-state index in [4.69, 9.17) is 4.74 Å². The smallest absolute Gasteiger partial charge is 0.309 e. The predicted molar refractivity (Wildman–Crippen MR) is 137 cm³/mol. The summed E-state index contributed by atoms with van der Waals surface area (Å²) in [5.41, 5.74) is 2.04. The zero-order valence-electron chi connectivity index (χ0n) is 21.0. The summed E-state index contributed by atoms with van der Waals surface area (Å²) in [7, 11) is 1.77. The number of carboxylic acids is 1. The van der Waals surface area contributed by atoms with Crippen LogP contribution in [0.15, 0.2) is 24.5 Å². The Hall–Kier alpha value is -4.22. The minimum absolute atomic E-state index is 0.00757. The molecule has 3 heterocycles. The molecular weight excluding hydrogens is 490 g/mol. The maximum Gasteiger partial charge on any atom is 0.309 e. The molecule has 3 saturated carbocycles. The number of carbonyl (C=O) groups is 3. The highest BCUT2D eigenvalue weighted by Crippen LogP contribution is 2.56. The number of carbonyl (C=O) groups excluding carboxylic acids is 2. The summed E-state index contributed by atoms with van der Waals surface area (Å²) in [5, 5.41) is 23.3. The molecule has 38 heavy (non-hydrogen) atoms. The maximum atomic E-state index is 13.2. The van der Waals surface area contributed by atoms with Crippen LogP contribution in [0.1, 0.15) is 54.6 Å². The first-order valence-corrected chi connectivity index (χ1v) is 12.8. The topological polar surface area (TPSA) is 160 Å². The van der Waals surface area contributed by atoms with Crippen molar-refractivity contribution >= 4 is 40.3 Å². The summed E-state index contributed by atoms with van der Waals surface area (Å²) in [6, 6.07) is 5.58. The fourth-order valence-electron chi connectivity index (χ4n) is 5.99. The van der Waals surface area contributed by atoms with Crippen molar-refractivity contribution in [2.75, 3.05) is 23.8 Å². The van der Waals surface area contributed by atoms with E-state index in [2.05, 4.69) is 31.0 Å². The van der Waals surface area contributed by atoms with Crippen LogP contribution in [0.5, 0.6) is 5.75 Å². The van der Waals surface area contributed by atoms with Crippen molar-refractivity contribution in [3.05, 3.63) is 35.8 Å². The van der Waals surface area contributed by atoms with Gasteiger partial charge in [-0.05, 0) is 61.6 Å². The molecule has 4 N–H and O–H groups in total. The summed E-state index contributed by atoms with van der Waals surface area (Å²) in [6.45, 7) is 0.931. The van der Waals surface area contributed by atoms with Crippen LogP contribution in [0.4, 0.5) is 11.5 Å².